The third-order valence-corrected chi connectivity index (χ3v) is 4.42. The number of para-hydroxylation sites is 1. The first-order valence-electron chi connectivity index (χ1n) is 8.56. The number of nitrogens with one attached hydrogen (secondary N) is 1. The average Bonchev–Trinajstić information content (AvgIpc) is 2.66. The summed E-state index contributed by atoms with van der Waals surface area (Å²) in [5, 5.41) is 3.00. The normalized spacial score (nSPS) is 15.1. The van der Waals surface area contributed by atoms with Crippen LogP contribution in [0.15, 0.2) is 60.7 Å². The molecular formula is C20H24N2O2. The number of rotatable bonds is 5. The van der Waals surface area contributed by atoms with Crippen molar-refractivity contribution in [3.63, 3.8) is 0 Å². The molecule has 0 radical (unpaired) electrons. The first kappa shape index (κ1) is 16.4. The Morgan fingerprint density at radius 1 is 1.00 bits per heavy atom. The van der Waals surface area contributed by atoms with Crippen molar-refractivity contribution >= 4 is 6.03 Å². The first-order chi connectivity index (χ1) is 11.8. The number of benzene rings is 2. The monoisotopic (exact) mass is 324 g/mol. The van der Waals surface area contributed by atoms with E-state index in [1.807, 2.05) is 65.6 Å². The fourth-order valence-corrected chi connectivity index (χ4v) is 2.92. The molecule has 2 aromatic carbocycles. The maximum absolute atomic E-state index is 12.2. The fourth-order valence-electron chi connectivity index (χ4n) is 2.92. The van der Waals surface area contributed by atoms with Gasteiger partial charge in [-0.1, -0.05) is 48.5 Å². The molecule has 1 saturated heterocycles. The van der Waals surface area contributed by atoms with Crippen LogP contribution < -0.4 is 10.1 Å². The van der Waals surface area contributed by atoms with Gasteiger partial charge in [0, 0.05) is 19.6 Å². The molecule has 1 fully saturated rings. The molecule has 0 saturated carbocycles. The van der Waals surface area contributed by atoms with Crippen LogP contribution in [0.2, 0.25) is 0 Å². The van der Waals surface area contributed by atoms with Crippen molar-refractivity contribution in [3.05, 3.63) is 66.2 Å². The van der Waals surface area contributed by atoms with Gasteiger partial charge in [-0.25, -0.2) is 4.79 Å². The maximum Gasteiger partial charge on any atom is 0.317 e. The zero-order chi connectivity index (χ0) is 16.6. The van der Waals surface area contributed by atoms with Gasteiger partial charge in [0.1, 0.15) is 5.75 Å². The van der Waals surface area contributed by atoms with Gasteiger partial charge < -0.3 is 15.0 Å². The minimum Gasteiger partial charge on any atom is -0.493 e. The summed E-state index contributed by atoms with van der Waals surface area (Å²) in [5.41, 5.74) is 1.12. The van der Waals surface area contributed by atoms with Crippen LogP contribution in [0.5, 0.6) is 5.75 Å². The first-order valence-corrected chi connectivity index (χ1v) is 8.56. The Kier molecular flexibility index (Phi) is 5.72. The molecule has 4 heteroatoms. The predicted octanol–water partition coefficient (Wildman–Crippen LogP) is 3.69. The molecule has 0 unspecified atom stereocenters. The highest BCUT2D eigenvalue weighted by molar-refractivity contribution is 5.74. The summed E-state index contributed by atoms with van der Waals surface area (Å²) in [6.45, 7) is 2.90. The van der Waals surface area contributed by atoms with Crippen molar-refractivity contribution < 1.29 is 9.53 Å². The molecule has 2 amide bonds. The second-order valence-corrected chi connectivity index (χ2v) is 6.20. The maximum atomic E-state index is 12.2. The van der Waals surface area contributed by atoms with Gasteiger partial charge in [-0.2, -0.15) is 0 Å². The Morgan fingerprint density at radius 2 is 1.62 bits per heavy atom. The van der Waals surface area contributed by atoms with Crippen LogP contribution in [0.25, 0.3) is 0 Å². The van der Waals surface area contributed by atoms with Gasteiger partial charge in [0.05, 0.1) is 6.61 Å². The van der Waals surface area contributed by atoms with Crippen molar-refractivity contribution in [3.8, 4) is 5.75 Å². The van der Waals surface area contributed by atoms with E-state index in [0.29, 0.717) is 12.5 Å². The van der Waals surface area contributed by atoms with E-state index in [4.69, 9.17) is 4.74 Å². The van der Waals surface area contributed by atoms with E-state index in [9.17, 15) is 4.79 Å². The summed E-state index contributed by atoms with van der Waals surface area (Å²) in [6, 6.07) is 19.9. The number of ether oxygens (including phenoxy) is 1. The quantitative estimate of drug-likeness (QED) is 0.911. The molecule has 3 rings (SSSR count). The second-order valence-electron chi connectivity index (χ2n) is 6.20. The van der Waals surface area contributed by atoms with Crippen molar-refractivity contribution in [2.45, 2.75) is 19.4 Å². The van der Waals surface area contributed by atoms with Crippen LogP contribution in [-0.4, -0.2) is 30.6 Å². The van der Waals surface area contributed by atoms with E-state index in [-0.39, 0.29) is 6.03 Å². The molecule has 1 aliphatic rings. The van der Waals surface area contributed by atoms with Crippen LogP contribution in [0, 0.1) is 5.92 Å². The molecule has 4 nitrogen and oxygen atoms in total. The minimum absolute atomic E-state index is 0.0290. The lowest BCUT2D eigenvalue weighted by Gasteiger charge is -2.32. The Balaban J connectivity index is 1.37. The summed E-state index contributed by atoms with van der Waals surface area (Å²) < 4.78 is 5.83. The summed E-state index contributed by atoms with van der Waals surface area (Å²) in [7, 11) is 0. The number of hydrogen-bond acceptors (Lipinski definition) is 2. The number of carbonyl (C=O) groups is 1. The van der Waals surface area contributed by atoms with E-state index >= 15 is 0 Å². The van der Waals surface area contributed by atoms with E-state index in [1.54, 1.807) is 0 Å². The molecule has 0 bridgehead atoms. The topological polar surface area (TPSA) is 41.6 Å². The number of nitrogens with zero attached hydrogens (tertiary/aromatic N) is 1. The SMILES string of the molecule is O=C(NCc1ccccc1)N1CCC(COc2ccccc2)CC1. The van der Waals surface area contributed by atoms with Crippen molar-refractivity contribution in [1.29, 1.82) is 0 Å². The minimum atomic E-state index is 0.0290. The van der Waals surface area contributed by atoms with Crippen molar-refractivity contribution in [1.82, 2.24) is 10.2 Å². The lowest BCUT2D eigenvalue weighted by Crippen LogP contribution is -2.44. The molecule has 126 valence electrons. The van der Waals surface area contributed by atoms with Crippen LogP contribution in [-0.2, 0) is 6.54 Å². The van der Waals surface area contributed by atoms with Crippen LogP contribution >= 0.6 is 0 Å². The third-order valence-electron chi connectivity index (χ3n) is 4.42. The third kappa shape index (κ3) is 4.75. The van der Waals surface area contributed by atoms with Crippen molar-refractivity contribution in [2.75, 3.05) is 19.7 Å². The fraction of sp³-hybridized carbons (Fsp3) is 0.350. The zero-order valence-corrected chi connectivity index (χ0v) is 13.9. The smallest absolute Gasteiger partial charge is 0.317 e. The molecule has 1 aliphatic heterocycles. The van der Waals surface area contributed by atoms with Crippen LogP contribution in [0.4, 0.5) is 4.79 Å². The van der Waals surface area contributed by atoms with E-state index < -0.39 is 0 Å². The van der Waals surface area contributed by atoms with Gasteiger partial charge in [0.25, 0.3) is 0 Å². The van der Waals surface area contributed by atoms with E-state index in [1.165, 1.54) is 0 Å². The molecule has 0 atom stereocenters. The van der Waals surface area contributed by atoms with Gasteiger partial charge in [-0.15, -0.1) is 0 Å². The second kappa shape index (κ2) is 8.39. The molecule has 0 spiro atoms. The lowest BCUT2D eigenvalue weighted by atomic mass is 9.98. The molecule has 24 heavy (non-hydrogen) atoms. The van der Waals surface area contributed by atoms with Gasteiger partial charge in [0.2, 0.25) is 0 Å². The molecule has 0 aromatic heterocycles. The van der Waals surface area contributed by atoms with Gasteiger partial charge in [0.15, 0.2) is 0 Å². The van der Waals surface area contributed by atoms with Gasteiger partial charge in [-0.3, -0.25) is 0 Å². The number of urea groups is 1. The summed E-state index contributed by atoms with van der Waals surface area (Å²) in [4.78, 5) is 14.1. The zero-order valence-electron chi connectivity index (χ0n) is 13.9. The standard InChI is InChI=1S/C20H24N2O2/c23-20(21-15-17-7-3-1-4-8-17)22-13-11-18(12-14-22)16-24-19-9-5-2-6-10-19/h1-10,18H,11-16H2,(H,21,23). The number of hydrogen-bond donors (Lipinski definition) is 1. The Bertz CT molecular complexity index is 623. The molecule has 1 heterocycles. The van der Waals surface area contributed by atoms with E-state index in [0.717, 1.165) is 43.9 Å². The highest BCUT2D eigenvalue weighted by Gasteiger charge is 2.23. The highest BCUT2D eigenvalue weighted by atomic mass is 16.5. The summed E-state index contributed by atoms with van der Waals surface area (Å²) in [6.07, 6.45) is 1.98. The summed E-state index contributed by atoms with van der Waals surface area (Å²) >= 11 is 0. The predicted molar refractivity (Wildman–Crippen MR) is 94.9 cm³/mol. The highest BCUT2D eigenvalue weighted by Crippen LogP contribution is 2.19. The largest absolute Gasteiger partial charge is 0.493 e. The average molecular weight is 324 g/mol. The number of carbonyl (C=O) groups excluding carboxylic acids is 1. The van der Waals surface area contributed by atoms with Crippen LogP contribution in [0.1, 0.15) is 18.4 Å². The summed E-state index contributed by atoms with van der Waals surface area (Å²) in [5.74, 6) is 1.43. The number of piperidine rings is 1. The van der Waals surface area contributed by atoms with Crippen LogP contribution in [0.3, 0.4) is 0 Å². The number of amides is 2. The van der Waals surface area contributed by atoms with Gasteiger partial charge >= 0.3 is 6.03 Å². The molecule has 0 aliphatic carbocycles. The lowest BCUT2D eigenvalue weighted by molar-refractivity contribution is 0.145. The Morgan fingerprint density at radius 3 is 2.29 bits per heavy atom. The Labute approximate surface area is 143 Å². The number of likely N-dealkylation sites (tertiary alicyclic amines) is 1. The molecule has 2 aromatic rings. The van der Waals surface area contributed by atoms with Crippen molar-refractivity contribution in [2.24, 2.45) is 5.92 Å². The molecule has 1 N–H and O–H groups in total. The van der Waals surface area contributed by atoms with Gasteiger partial charge in [-0.05, 0) is 36.5 Å². The molecular weight excluding hydrogens is 300 g/mol. The van der Waals surface area contributed by atoms with E-state index in [2.05, 4.69) is 5.32 Å². The Hall–Kier alpha value is -2.49.